The predicted molar refractivity (Wildman–Crippen MR) is 253 cm³/mol. The molecule has 0 aliphatic rings. The first-order valence-corrected chi connectivity index (χ1v) is 19.6. The van der Waals surface area contributed by atoms with Gasteiger partial charge in [-0.25, -0.2) is 4.79 Å². The zero-order valence-corrected chi connectivity index (χ0v) is 36.1. The molecule has 0 spiro atoms. The van der Waals surface area contributed by atoms with Crippen molar-refractivity contribution in [3.8, 4) is 17.2 Å². The van der Waals surface area contributed by atoms with Crippen molar-refractivity contribution in [2.24, 2.45) is 11.8 Å². The molecular weight excluding hydrogens is 843 g/mol. The number of aliphatic carboxylic acids is 3. The van der Waals surface area contributed by atoms with Crippen LogP contribution in [-0.2, 0) is 20.8 Å². The molecule has 0 aliphatic carbocycles. The van der Waals surface area contributed by atoms with Gasteiger partial charge in [0.15, 0.2) is 0 Å². The van der Waals surface area contributed by atoms with Crippen molar-refractivity contribution >= 4 is 66.2 Å². The van der Waals surface area contributed by atoms with Crippen molar-refractivity contribution in [3.63, 3.8) is 0 Å². The number of methoxy groups -OCH3 is 3. The number of carbonyl (C=O) groups is 3. The monoisotopic (exact) mass is 904 g/mol. The summed E-state index contributed by atoms with van der Waals surface area (Å²) in [6.45, 7) is 7.34. The number of aryl methyl sites for hydroxylation is 1. The molecule has 0 saturated heterocycles. The third-order valence-corrected chi connectivity index (χ3v) is 10.1. The molecule has 0 aromatic heterocycles. The van der Waals surface area contributed by atoms with Crippen LogP contribution in [0.25, 0.3) is 32.3 Å². The molecule has 3 unspecified atom stereocenters. The molecule has 0 radical (unpaired) electrons. The molecule has 0 amide bonds. The summed E-state index contributed by atoms with van der Waals surface area (Å²) >= 11 is 3.44. The van der Waals surface area contributed by atoms with Gasteiger partial charge in [-0.2, -0.15) is 0 Å². The number of carboxylic acids is 3. The van der Waals surface area contributed by atoms with Gasteiger partial charge in [0.2, 0.25) is 0 Å². The lowest BCUT2D eigenvalue weighted by atomic mass is 9.88. The van der Waals surface area contributed by atoms with E-state index in [1.807, 2.05) is 74.5 Å². The van der Waals surface area contributed by atoms with Gasteiger partial charge in [-0.15, -0.1) is 0 Å². The van der Waals surface area contributed by atoms with E-state index in [9.17, 15) is 14.4 Å². The molecule has 9 nitrogen and oxygen atoms in total. The molecule has 0 aliphatic heterocycles. The van der Waals surface area contributed by atoms with Gasteiger partial charge >= 0.3 is 17.9 Å². The quantitative estimate of drug-likeness (QED) is 0.102. The standard InChI is InChI=1S/C17H20O3.C16H18O3.C11H9BrO.C4H6O2.2CH4.FH/c1-12(9-17(18)19)3-4-13-5-6-15-11-16(20-2)8-7-14(15)10-13;1-10(11(2)16(17)18)12-4-5-14-9-15(19-3)7-6-13(14)8-12;1-13-11-5-3-8-6-10(12)4-2-9(8)7-11;1-2-3-4(5)6;;;/h5-8,10-12H,3-4,9H2,1-2H3,(H,18,19);4-11H,1-3H3,(H,17,18);2-7H,1H3;2-3H,1H3,(H,5,6);2*1H4;1H/b;;;3-2+;;;. The summed E-state index contributed by atoms with van der Waals surface area (Å²) < 4.78 is 16.6. The normalized spacial score (nSPS) is 11.5. The van der Waals surface area contributed by atoms with Crippen LogP contribution in [0.1, 0.15) is 72.4 Å². The minimum absolute atomic E-state index is 0. The van der Waals surface area contributed by atoms with Gasteiger partial charge in [0.1, 0.15) is 17.2 Å². The van der Waals surface area contributed by atoms with Crippen molar-refractivity contribution in [2.45, 2.75) is 67.7 Å². The van der Waals surface area contributed by atoms with E-state index in [1.165, 1.54) is 27.8 Å². The van der Waals surface area contributed by atoms with E-state index < -0.39 is 23.8 Å². The Morgan fingerprint density at radius 3 is 1.48 bits per heavy atom. The van der Waals surface area contributed by atoms with Gasteiger partial charge in [-0.05, 0) is 124 Å². The van der Waals surface area contributed by atoms with E-state index in [0.29, 0.717) is 0 Å². The summed E-state index contributed by atoms with van der Waals surface area (Å²) in [4.78, 5) is 31.2. The Hall–Kier alpha value is -5.94. The number of hydrogen-bond donors (Lipinski definition) is 3. The fourth-order valence-electron chi connectivity index (χ4n) is 5.99. The Balaban J connectivity index is 0.000000823. The second kappa shape index (κ2) is 27.7. The van der Waals surface area contributed by atoms with Crippen molar-refractivity contribution in [1.82, 2.24) is 0 Å². The van der Waals surface area contributed by atoms with E-state index in [-0.39, 0.29) is 37.8 Å². The maximum atomic E-state index is 11.0. The molecule has 11 heteroatoms. The molecule has 6 aromatic carbocycles. The number of rotatable bonds is 12. The summed E-state index contributed by atoms with van der Waals surface area (Å²) in [5, 5.41) is 32.6. The molecule has 61 heavy (non-hydrogen) atoms. The van der Waals surface area contributed by atoms with Crippen molar-refractivity contribution in [3.05, 3.63) is 137 Å². The SMILES string of the molecule is C.C.C/C=C/C(=O)O.COc1ccc2cc(Br)ccc2c1.COc1ccc2cc(C(C)C(C)C(=O)O)ccc2c1.COc1ccc2cc(CCC(C)CC(=O)O)ccc2c1.F. The van der Waals surface area contributed by atoms with E-state index in [2.05, 4.69) is 64.5 Å². The van der Waals surface area contributed by atoms with E-state index in [1.54, 1.807) is 35.2 Å². The fourth-order valence-corrected chi connectivity index (χ4v) is 6.37. The first-order chi connectivity index (χ1) is 27.7. The summed E-state index contributed by atoms with van der Waals surface area (Å²) in [5.74, 6) is 0.0176. The highest BCUT2D eigenvalue weighted by Crippen LogP contribution is 2.29. The number of fused-ring (bicyclic) bond motifs is 3. The Kier molecular flexibility index (Phi) is 25.0. The lowest BCUT2D eigenvalue weighted by Gasteiger charge is -2.17. The molecule has 3 N–H and O–H groups in total. The van der Waals surface area contributed by atoms with Crippen LogP contribution < -0.4 is 14.2 Å². The molecular formula is C50H62BrFO9. The highest BCUT2D eigenvalue weighted by molar-refractivity contribution is 9.10. The molecule has 0 saturated carbocycles. The highest BCUT2D eigenvalue weighted by atomic mass is 79.9. The Bertz CT molecular complexity index is 2320. The Labute approximate surface area is 368 Å². The summed E-state index contributed by atoms with van der Waals surface area (Å²) in [7, 11) is 4.99. The molecule has 3 atom stereocenters. The molecule has 0 heterocycles. The lowest BCUT2D eigenvalue weighted by Crippen LogP contribution is -2.16. The number of hydrogen-bond acceptors (Lipinski definition) is 6. The highest BCUT2D eigenvalue weighted by Gasteiger charge is 2.21. The van der Waals surface area contributed by atoms with Crippen LogP contribution in [0.2, 0.25) is 0 Å². The molecule has 0 fully saturated rings. The number of halogens is 2. The van der Waals surface area contributed by atoms with Crippen molar-refractivity contribution < 1.29 is 48.6 Å². The molecule has 0 bridgehead atoms. The molecule has 6 rings (SSSR count). The number of benzene rings is 6. The average Bonchev–Trinajstić information content (AvgIpc) is 3.21. The van der Waals surface area contributed by atoms with E-state index in [0.717, 1.165) is 62.4 Å². The second-order valence-electron chi connectivity index (χ2n) is 13.9. The van der Waals surface area contributed by atoms with Crippen molar-refractivity contribution in [2.75, 3.05) is 21.3 Å². The minimum Gasteiger partial charge on any atom is -0.497 e. The van der Waals surface area contributed by atoms with Crippen molar-refractivity contribution in [1.29, 1.82) is 0 Å². The van der Waals surface area contributed by atoms with E-state index in [4.69, 9.17) is 29.5 Å². The van der Waals surface area contributed by atoms with Crippen LogP contribution in [0.15, 0.2) is 126 Å². The summed E-state index contributed by atoms with van der Waals surface area (Å²) in [5.41, 5.74) is 2.30. The molecule has 330 valence electrons. The van der Waals surface area contributed by atoms with Gasteiger partial charge in [-0.3, -0.25) is 14.3 Å². The van der Waals surface area contributed by atoms with Crippen LogP contribution >= 0.6 is 15.9 Å². The topological polar surface area (TPSA) is 140 Å². The van der Waals surface area contributed by atoms with Crippen LogP contribution in [-0.4, -0.2) is 54.6 Å². The van der Waals surface area contributed by atoms with Gasteiger partial charge < -0.3 is 29.5 Å². The Morgan fingerprint density at radius 1 is 0.623 bits per heavy atom. The minimum atomic E-state index is -0.891. The third kappa shape index (κ3) is 18.1. The summed E-state index contributed by atoms with van der Waals surface area (Å²) in [6, 6.07) is 36.6. The third-order valence-electron chi connectivity index (χ3n) is 9.62. The Morgan fingerprint density at radius 2 is 1.05 bits per heavy atom. The van der Waals surface area contributed by atoms with Crippen LogP contribution in [0.4, 0.5) is 4.70 Å². The lowest BCUT2D eigenvalue weighted by molar-refractivity contribution is -0.142. The summed E-state index contributed by atoms with van der Waals surface area (Å²) in [6.07, 6.45) is 4.61. The smallest absolute Gasteiger partial charge is 0.327 e. The van der Waals surface area contributed by atoms with E-state index >= 15 is 0 Å². The van der Waals surface area contributed by atoms with Gasteiger partial charge in [0.25, 0.3) is 0 Å². The fraction of sp³-hybridized carbons (Fsp3) is 0.300. The van der Waals surface area contributed by atoms with Gasteiger partial charge in [0, 0.05) is 17.0 Å². The van der Waals surface area contributed by atoms with Crippen LogP contribution in [0.5, 0.6) is 17.2 Å². The van der Waals surface area contributed by atoms with Gasteiger partial charge in [0.05, 0.1) is 27.2 Å². The number of ether oxygens (including phenoxy) is 3. The second-order valence-corrected chi connectivity index (χ2v) is 14.8. The maximum Gasteiger partial charge on any atom is 0.327 e. The predicted octanol–water partition coefficient (Wildman–Crippen LogP) is 13.2. The largest absolute Gasteiger partial charge is 0.497 e. The first-order valence-electron chi connectivity index (χ1n) is 18.9. The average molecular weight is 906 g/mol. The van der Waals surface area contributed by atoms with Gasteiger partial charge in [-0.1, -0.05) is 118 Å². The number of allylic oxidation sites excluding steroid dienone is 1. The maximum absolute atomic E-state index is 11.0. The first kappa shape index (κ1) is 55.1. The van der Waals surface area contributed by atoms with Crippen LogP contribution in [0, 0.1) is 11.8 Å². The number of carboxylic acid groups (broad SMARTS) is 3. The zero-order chi connectivity index (χ0) is 42.8. The molecule has 6 aromatic rings. The van der Waals surface area contributed by atoms with Crippen LogP contribution in [0.3, 0.4) is 0 Å². The zero-order valence-electron chi connectivity index (χ0n) is 34.5.